The van der Waals surface area contributed by atoms with Gasteiger partial charge in [-0.05, 0) is 55.2 Å². The van der Waals surface area contributed by atoms with Crippen LogP contribution in [0.4, 0.5) is 0 Å². The SMILES string of the molecule is C=CCCC[C@H](Cc1ccccc1)C(=O)OC[C@H](COCc1ccccc1)NC(=O)[C@H](CC=C)CC(=O)N[C@@H](CO)Cc1ccccc1. The number of nitrogens with one attached hydrogen (secondary N) is 2. The number of hydrogen-bond acceptors (Lipinski definition) is 6. The van der Waals surface area contributed by atoms with Crippen molar-refractivity contribution < 1.29 is 29.0 Å². The van der Waals surface area contributed by atoms with E-state index in [2.05, 4.69) is 23.8 Å². The Bertz CT molecular complexity index is 1380. The van der Waals surface area contributed by atoms with Gasteiger partial charge in [0.15, 0.2) is 0 Å². The molecule has 0 unspecified atom stereocenters. The molecule has 2 amide bonds. The summed E-state index contributed by atoms with van der Waals surface area (Å²) < 4.78 is 11.8. The summed E-state index contributed by atoms with van der Waals surface area (Å²) in [6.45, 7) is 7.68. The maximum atomic E-state index is 13.6. The van der Waals surface area contributed by atoms with Crippen LogP contribution in [-0.4, -0.2) is 54.8 Å². The number of allylic oxidation sites excluding steroid dienone is 2. The molecular formula is C40H50N2O6. The molecule has 0 aliphatic heterocycles. The molecule has 0 aliphatic carbocycles. The number of aliphatic hydroxyl groups excluding tert-OH is 1. The Morgan fingerprint density at radius 1 is 0.729 bits per heavy atom. The van der Waals surface area contributed by atoms with E-state index >= 15 is 0 Å². The lowest BCUT2D eigenvalue weighted by atomic mass is 9.94. The minimum Gasteiger partial charge on any atom is -0.463 e. The van der Waals surface area contributed by atoms with Crippen LogP contribution < -0.4 is 10.6 Å². The molecule has 3 aromatic rings. The van der Waals surface area contributed by atoms with Crippen molar-refractivity contribution in [3.63, 3.8) is 0 Å². The molecule has 0 bridgehead atoms. The first kappa shape index (κ1) is 37.9. The maximum absolute atomic E-state index is 13.6. The van der Waals surface area contributed by atoms with Gasteiger partial charge in [0, 0.05) is 6.42 Å². The Kier molecular flexibility index (Phi) is 17.5. The summed E-state index contributed by atoms with van der Waals surface area (Å²) >= 11 is 0. The first-order chi connectivity index (χ1) is 23.4. The van der Waals surface area contributed by atoms with Crippen LogP contribution in [0.15, 0.2) is 116 Å². The number of carbonyl (C=O) groups is 3. The number of aliphatic hydroxyl groups is 1. The molecule has 3 aromatic carbocycles. The van der Waals surface area contributed by atoms with Crippen molar-refractivity contribution in [2.75, 3.05) is 19.8 Å². The fourth-order valence-corrected chi connectivity index (χ4v) is 5.41. The smallest absolute Gasteiger partial charge is 0.309 e. The Morgan fingerprint density at radius 2 is 1.33 bits per heavy atom. The van der Waals surface area contributed by atoms with Gasteiger partial charge in [0.25, 0.3) is 0 Å². The number of rotatable bonds is 23. The van der Waals surface area contributed by atoms with Crippen molar-refractivity contribution in [2.24, 2.45) is 11.8 Å². The molecule has 0 heterocycles. The Hall–Kier alpha value is -4.53. The average molecular weight is 655 g/mol. The quantitative estimate of drug-likeness (QED) is 0.0682. The highest BCUT2D eigenvalue weighted by Gasteiger charge is 2.27. The van der Waals surface area contributed by atoms with Crippen LogP contribution in [0.25, 0.3) is 0 Å². The summed E-state index contributed by atoms with van der Waals surface area (Å²) in [6, 6.07) is 27.9. The fraction of sp³-hybridized carbons (Fsp3) is 0.375. The Balaban J connectivity index is 1.65. The molecule has 256 valence electrons. The third-order valence-electron chi connectivity index (χ3n) is 7.99. The molecule has 8 heteroatoms. The minimum absolute atomic E-state index is 0.0806. The summed E-state index contributed by atoms with van der Waals surface area (Å²) in [4.78, 5) is 40.0. The molecule has 0 fully saturated rings. The third-order valence-corrected chi connectivity index (χ3v) is 7.99. The minimum atomic E-state index is -0.712. The number of ether oxygens (including phenoxy) is 2. The molecule has 0 saturated carbocycles. The van der Waals surface area contributed by atoms with Crippen LogP contribution >= 0.6 is 0 Å². The van der Waals surface area contributed by atoms with E-state index in [1.807, 2.05) is 97.1 Å². The van der Waals surface area contributed by atoms with Gasteiger partial charge >= 0.3 is 5.97 Å². The van der Waals surface area contributed by atoms with E-state index in [4.69, 9.17) is 9.47 Å². The number of unbranched alkanes of at least 4 members (excludes halogenated alkanes) is 1. The second-order valence-electron chi connectivity index (χ2n) is 12.0. The van der Waals surface area contributed by atoms with Gasteiger partial charge in [-0.1, -0.05) is 103 Å². The summed E-state index contributed by atoms with van der Waals surface area (Å²) in [5.74, 6) is -2.11. The van der Waals surface area contributed by atoms with Gasteiger partial charge in [0.1, 0.15) is 6.61 Å². The van der Waals surface area contributed by atoms with Crippen molar-refractivity contribution >= 4 is 17.8 Å². The molecule has 0 radical (unpaired) electrons. The van der Waals surface area contributed by atoms with E-state index < -0.39 is 18.0 Å². The summed E-state index contributed by atoms with van der Waals surface area (Å²) in [7, 11) is 0. The molecule has 4 atom stereocenters. The van der Waals surface area contributed by atoms with Crippen LogP contribution in [0.5, 0.6) is 0 Å². The van der Waals surface area contributed by atoms with E-state index in [-0.39, 0.29) is 56.4 Å². The van der Waals surface area contributed by atoms with E-state index in [0.717, 1.165) is 29.5 Å². The normalized spacial score (nSPS) is 13.4. The van der Waals surface area contributed by atoms with Crippen LogP contribution in [0, 0.1) is 11.8 Å². The van der Waals surface area contributed by atoms with Crippen molar-refractivity contribution in [3.8, 4) is 0 Å². The zero-order valence-corrected chi connectivity index (χ0v) is 27.8. The molecule has 3 rings (SSSR count). The van der Waals surface area contributed by atoms with E-state index in [0.29, 0.717) is 25.9 Å². The van der Waals surface area contributed by atoms with Crippen LogP contribution in [0.2, 0.25) is 0 Å². The van der Waals surface area contributed by atoms with Gasteiger partial charge < -0.3 is 25.2 Å². The monoisotopic (exact) mass is 654 g/mol. The van der Waals surface area contributed by atoms with Crippen molar-refractivity contribution in [1.82, 2.24) is 10.6 Å². The molecule has 0 saturated heterocycles. The number of amides is 2. The van der Waals surface area contributed by atoms with Gasteiger partial charge in [-0.15, -0.1) is 13.2 Å². The van der Waals surface area contributed by atoms with Gasteiger partial charge in [0.2, 0.25) is 11.8 Å². The zero-order valence-electron chi connectivity index (χ0n) is 27.8. The summed E-state index contributed by atoms with van der Waals surface area (Å²) in [5.41, 5.74) is 3.00. The van der Waals surface area contributed by atoms with Crippen LogP contribution in [0.3, 0.4) is 0 Å². The highest BCUT2D eigenvalue weighted by atomic mass is 16.5. The van der Waals surface area contributed by atoms with Gasteiger partial charge in [0.05, 0.1) is 43.7 Å². The lowest BCUT2D eigenvalue weighted by Gasteiger charge is -2.24. The number of benzene rings is 3. The standard InChI is InChI=1S/C40H50N2O6/c1-3-5-9-23-35(24-31-17-10-6-11-18-31)40(46)48-30-37(29-47-28-33-21-14-8-15-22-33)42-39(45)34(16-4-2)26-38(44)41-36(27-43)25-32-19-12-7-13-20-32/h3-4,6-8,10-15,17-22,34-37,43H,1-2,5,9,16,23-30H2,(H,41,44)(H,42,45)/t34-,35-,36-,37+/m1/s1. The topological polar surface area (TPSA) is 114 Å². The van der Waals surface area contributed by atoms with E-state index in [9.17, 15) is 19.5 Å². The highest BCUT2D eigenvalue weighted by Crippen LogP contribution is 2.18. The van der Waals surface area contributed by atoms with Gasteiger partial charge in [-0.25, -0.2) is 0 Å². The second-order valence-corrected chi connectivity index (χ2v) is 12.0. The number of hydrogen-bond donors (Lipinski definition) is 3. The zero-order chi connectivity index (χ0) is 34.4. The van der Waals surface area contributed by atoms with Gasteiger partial charge in [-0.3, -0.25) is 14.4 Å². The Morgan fingerprint density at radius 3 is 1.92 bits per heavy atom. The van der Waals surface area contributed by atoms with Gasteiger partial charge in [-0.2, -0.15) is 0 Å². The predicted molar refractivity (Wildman–Crippen MR) is 189 cm³/mol. The molecule has 0 aromatic heterocycles. The molecule has 0 spiro atoms. The largest absolute Gasteiger partial charge is 0.463 e. The highest BCUT2D eigenvalue weighted by molar-refractivity contribution is 5.86. The lowest BCUT2D eigenvalue weighted by Crippen LogP contribution is -2.46. The molecule has 8 nitrogen and oxygen atoms in total. The Labute approximate surface area is 285 Å². The molecule has 3 N–H and O–H groups in total. The predicted octanol–water partition coefficient (Wildman–Crippen LogP) is 5.75. The van der Waals surface area contributed by atoms with E-state index in [1.165, 1.54) is 0 Å². The average Bonchev–Trinajstić information content (AvgIpc) is 3.10. The molecular weight excluding hydrogens is 604 g/mol. The number of carbonyl (C=O) groups excluding carboxylic acids is 3. The van der Waals surface area contributed by atoms with Crippen molar-refractivity contribution in [2.45, 2.75) is 63.6 Å². The maximum Gasteiger partial charge on any atom is 0.309 e. The fourth-order valence-electron chi connectivity index (χ4n) is 5.41. The second kappa shape index (κ2) is 22.1. The summed E-state index contributed by atoms with van der Waals surface area (Å²) in [5, 5.41) is 15.7. The number of esters is 1. The van der Waals surface area contributed by atoms with E-state index in [1.54, 1.807) is 6.08 Å². The van der Waals surface area contributed by atoms with Crippen LogP contribution in [0.1, 0.15) is 48.8 Å². The van der Waals surface area contributed by atoms with Crippen LogP contribution in [-0.2, 0) is 43.3 Å². The summed E-state index contributed by atoms with van der Waals surface area (Å²) in [6.07, 6.45) is 6.89. The third kappa shape index (κ3) is 14.5. The molecule has 0 aliphatic rings. The first-order valence-corrected chi connectivity index (χ1v) is 16.7. The first-order valence-electron chi connectivity index (χ1n) is 16.7. The van der Waals surface area contributed by atoms with Crippen molar-refractivity contribution in [3.05, 3.63) is 133 Å². The lowest BCUT2D eigenvalue weighted by molar-refractivity contribution is -0.150. The van der Waals surface area contributed by atoms with Crippen molar-refractivity contribution in [1.29, 1.82) is 0 Å². The molecule has 48 heavy (non-hydrogen) atoms.